The normalized spacial score (nSPS) is 13.1. The molecule has 0 atom stereocenters. The molecule has 0 bridgehead atoms. The second-order valence-electron chi connectivity index (χ2n) is 22.3. The van der Waals surface area contributed by atoms with Gasteiger partial charge in [0.1, 0.15) is 35.0 Å². The predicted molar refractivity (Wildman–Crippen MR) is 374 cm³/mol. The van der Waals surface area contributed by atoms with E-state index in [4.69, 9.17) is 23.2 Å². The highest BCUT2D eigenvalue weighted by molar-refractivity contribution is 9.10. The average molecular weight is 1360 g/mol. The smallest absolute Gasteiger partial charge is 0.257 e. The Balaban J connectivity index is 0.000000154. The summed E-state index contributed by atoms with van der Waals surface area (Å²) in [5.41, 5.74) is 9.05. The van der Waals surface area contributed by atoms with Crippen molar-refractivity contribution in [3.63, 3.8) is 0 Å². The molecule has 3 aliphatic rings. The number of nitrogens with zero attached hydrogens (tertiary/aromatic N) is 9. The molecule has 0 fully saturated rings. The number of amidine groups is 3. The summed E-state index contributed by atoms with van der Waals surface area (Å²) in [5, 5.41) is 9.27. The number of aromatic nitrogens is 3. The van der Waals surface area contributed by atoms with Gasteiger partial charge in [0.25, 0.3) is 17.7 Å². The van der Waals surface area contributed by atoms with E-state index in [1.54, 1.807) is 85.1 Å². The molecule has 0 spiro atoms. The highest BCUT2D eigenvalue weighted by Crippen LogP contribution is 2.23. The van der Waals surface area contributed by atoms with Crippen molar-refractivity contribution in [1.82, 2.24) is 29.7 Å². The molecule has 3 N–H and O–H groups in total. The number of amides is 3. The fourth-order valence-electron chi connectivity index (χ4n) is 10.5. The van der Waals surface area contributed by atoms with Crippen LogP contribution in [0.2, 0.25) is 10.0 Å². The van der Waals surface area contributed by atoms with Crippen LogP contribution in [0.15, 0.2) is 214 Å². The van der Waals surface area contributed by atoms with E-state index in [2.05, 4.69) is 76.5 Å². The third-order valence-corrected chi connectivity index (χ3v) is 16.5. The first-order chi connectivity index (χ1) is 45.4. The average Bonchev–Trinajstić information content (AvgIpc) is 1.33. The van der Waals surface area contributed by atoms with Gasteiger partial charge in [-0.2, -0.15) is 0 Å². The van der Waals surface area contributed by atoms with Gasteiger partial charge in [-0.25, -0.2) is 15.0 Å². The number of nitrogens with one attached hydrogen (secondary N) is 3. The maximum Gasteiger partial charge on any atom is 0.257 e. The largest absolute Gasteiger partial charge is 0.358 e. The molecule has 6 heterocycles. The first-order valence-corrected chi connectivity index (χ1v) is 31.7. The van der Waals surface area contributed by atoms with Crippen LogP contribution in [0, 0.1) is 6.92 Å². The van der Waals surface area contributed by atoms with Crippen molar-refractivity contribution in [2.24, 2.45) is 15.0 Å². The molecule has 0 saturated carbocycles. The van der Waals surface area contributed by atoms with E-state index in [1.807, 2.05) is 125 Å². The number of halogens is 3. The molecule has 0 aliphatic carbocycles. The van der Waals surface area contributed by atoms with Gasteiger partial charge in [0.05, 0.1) is 29.7 Å². The maximum atomic E-state index is 13.0. The first-order valence-electron chi connectivity index (χ1n) is 30.1. The van der Waals surface area contributed by atoms with Crippen LogP contribution in [-0.4, -0.2) is 143 Å². The van der Waals surface area contributed by atoms with Crippen molar-refractivity contribution in [3.8, 4) is 0 Å². The summed E-state index contributed by atoms with van der Waals surface area (Å²) < 4.78 is 0.828. The molecule has 6 aromatic carbocycles. The van der Waals surface area contributed by atoms with Crippen LogP contribution in [0.5, 0.6) is 0 Å². The van der Waals surface area contributed by atoms with E-state index < -0.39 is 0 Å². The number of hydrogen-bond acceptors (Lipinski definition) is 15. The number of carbonyl (C=O) groups is 6. The first kappa shape index (κ1) is 66.6. The van der Waals surface area contributed by atoms with Gasteiger partial charge in [-0.1, -0.05) is 150 Å². The standard InChI is InChI=1S/C25H23ClN4O2.C24H21BrN4O2.C24H21ClN4O2/c1-16-3-4-19(21(13-16)25(32)29-23-10-9-20(26)15-28-23)14-22(31)17-5-7-18(8-6-17)24-27-11-12-30(24)2;2*1-29-13-12-26-23(29)17-8-6-16(7-9-17)21(30)14-18-4-2-3-5-20(18)24(31)28-22-11-10-19(25)15-27-22/h3-10,13,15H,11-12,14H2,1-2H3,(H,28,29,32);2*2-11,15H,12-14H2,1H3,(H,27,28,31). The Morgan fingerprint density at radius 3 is 1.09 bits per heavy atom. The summed E-state index contributed by atoms with van der Waals surface area (Å²) in [4.78, 5) is 109. The minimum absolute atomic E-state index is 0.0460. The maximum absolute atomic E-state index is 13.0. The second kappa shape index (κ2) is 31.3. The molecule has 9 aromatic rings. The molecule has 474 valence electrons. The number of hydrogen-bond donors (Lipinski definition) is 3. The van der Waals surface area contributed by atoms with Crippen LogP contribution >= 0.6 is 39.1 Å². The molecular weight excluding hydrogens is 1290 g/mol. The van der Waals surface area contributed by atoms with Gasteiger partial charge in [-0.05, 0) is 94.1 Å². The lowest BCUT2D eigenvalue weighted by Crippen LogP contribution is -2.23. The number of anilines is 3. The number of carbonyl (C=O) groups excluding carboxylic acids is 6. The van der Waals surface area contributed by atoms with Crippen molar-refractivity contribution < 1.29 is 28.8 Å². The van der Waals surface area contributed by atoms with Crippen molar-refractivity contribution in [3.05, 3.63) is 281 Å². The SMILES string of the molecule is CN1CCN=C1c1ccc(C(=O)Cc2ccccc2C(=O)Nc2ccc(Br)cn2)cc1.CN1CCN=C1c1ccc(C(=O)Cc2ccccc2C(=O)Nc2ccc(Cl)cn2)cc1.Cc1ccc(CC(=O)c2ccc(C3=NCCN3C)cc2)c(C(=O)Nc2ccc(Cl)cn2)c1. The quantitative estimate of drug-likeness (QED) is 0.0682. The Labute approximate surface area is 563 Å². The van der Waals surface area contributed by atoms with Crippen molar-refractivity contribution >= 4 is 109 Å². The van der Waals surface area contributed by atoms with E-state index in [0.717, 1.165) is 83.5 Å². The fraction of sp³-hybridized carbons (Fsp3) is 0.178. The second-order valence-corrected chi connectivity index (χ2v) is 24.1. The number of aliphatic imine (C=N–C) groups is 3. The van der Waals surface area contributed by atoms with Crippen LogP contribution in [0.1, 0.15) is 101 Å². The lowest BCUT2D eigenvalue weighted by Gasteiger charge is -2.14. The molecule has 3 aromatic heterocycles. The lowest BCUT2D eigenvalue weighted by atomic mass is 9.96. The van der Waals surface area contributed by atoms with Gasteiger partial charge >= 0.3 is 0 Å². The number of ketones is 3. The highest BCUT2D eigenvalue weighted by Gasteiger charge is 2.22. The van der Waals surface area contributed by atoms with Gasteiger partial charge in [-0.15, -0.1) is 0 Å². The lowest BCUT2D eigenvalue weighted by molar-refractivity contribution is 0.0980. The van der Waals surface area contributed by atoms with E-state index in [9.17, 15) is 28.8 Å². The molecule has 0 saturated heterocycles. The predicted octanol–water partition coefficient (Wildman–Crippen LogP) is 12.7. The molecule has 94 heavy (non-hydrogen) atoms. The third kappa shape index (κ3) is 17.4. The van der Waals surface area contributed by atoms with Gasteiger partial charge in [0.2, 0.25) is 0 Å². The Kier molecular flexibility index (Phi) is 22.2. The molecule has 12 rings (SSSR count). The molecule has 0 radical (unpaired) electrons. The summed E-state index contributed by atoms with van der Waals surface area (Å²) in [5.74, 6) is 2.98. The topological polar surface area (TPSA) is 224 Å². The summed E-state index contributed by atoms with van der Waals surface area (Å²) in [7, 11) is 6.03. The zero-order valence-corrected chi connectivity index (χ0v) is 55.0. The van der Waals surface area contributed by atoms with E-state index in [0.29, 0.717) is 77.6 Å². The minimum atomic E-state index is -0.323. The van der Waals surface area contributed by atoms with Gasteiger partial charge in [0, 0.05) is 133 Å². The molecule has 18 nitrogen and oxygen atoms in total. The van der Waals surface area contributed by atoms with Crippen LogP contribution in [-0.2, 0) is 19.3 Å². The van der Waals surface area contributed by atoms with E-state index >= 15 is 0 Å². The van der Waals surface area contributed by atoms with Crippen LogP contribution in [0.25, 0.3) is 0 Å². The van der Waals surface area contributed by atoms with Crippen LogP contribution < -0.4 is 16.0 Å². The van der Waals surface area contributed by atoms with Crippen LogP contribution in [0.4, 0.5) is 17.5 Å². The zero-order chi connectivity index (χ0) is 66.3. The van der Waals surface area contributed by atoms with E-state index in [1.165, 1.54) is 12.4 Å². The molecule has 0 unspecified atom stereocenters. The van der Waals surface area contributed by atoms with Gasteiger partial charge < -0.3 is 30.7 Å². The number of rotatable bonds is 18. The van der Waals surface area contributed by atoms with Gasteiger partial charge in [0.15, 0.2) is 17.3 Å². The molecule has 21 heteroatoms. The van der Waals surface area contributed by atoms with Crippen molar-refractivity contribution in [2.45, 2.75) is 26.2 Å². The summed E-state index contributed by atoms with van der Waals surface area (Å²) in [6.07, 6.45) is 4.93. The highest BCUT2D eigenvalue weighted by atomic mass is 79.9. The Hall–Kier alpha value is -10.3. The van der Waals surface area contributed by atoms with Gasteiger partial charge in [-0.3, -0.25) is 43.7 Å². The summed E-state index contributed by atoms with van der Waals surface area (Å²) in [6.45, 7) is 6.99. The number of likely N-dealkylation sites (N-methyl/N-ethyl adjacent to an activating group) is 3. The van der Waals surface area contributed by atoms with Crippen molar-refractivity contribution in [1.29, 1.82) is 0 Å². The zero-order valence-electron chi connectivity index (χ0n) is 51.9. The molecular formula is C73H65BrCl2N12O6. The molecule has 3 amide bonds. The third-order valence-electron chi connectivity index (χ3n) is 15.6. The number of aryl methyl sites for hydroxylation is 1. The summed E-state index contributed by atoms with van der Waals surface area (Å²) in [6, 6.07) is 52.2. The van der Waals surface area contributed by atoms with Crippen LogP contribution in [0.3, 0.4) is 0 Å². The van der Waals surface area contributed by atoms with Crippen molar-refractivity contribution in [2.75, 3.05) is 76.4 Å². The van der Waals surface area contributed by atoms with E-state index in [-0.39, 0.29) is 54.3 Å². The number of pyridine rings is 3. The number of Topliss-reactive ketones (excluding diaryl/α,β-unsaturated/α-hetero) is 3. The monoisotopic (exact) mass is 1350 g/mol. The minimum Gasteiger partial charge on any atom is -0.358 e. The Morgan fingerprint density at radius 2 is 0.755 bits per heavy atom. The number of benzene rings is 6. The Morgan fingerprint density at radius 1 is 0.415 bits per heavy atom. The Bertz CT molecular complexity index is 4170. The summed E-state index contributed by atoms with van der Waals surface area (Å²) >= 11 is 15.0. The molecule has 3 aliphatic heterocycles. The fourth-order valence-corrected chi connectivity index (χ4v) is 11.0.